The summed E-state index contributed by atoms with van der Waals surface area (Å²) in [6.45, 7) is 7.67. The van der Waals surface area contributed by atoms with Crippen molar-refractivity contribution in [2.24, 2.45) is 0 Å². The first-order valence-corrected chi connectivity index (χ1v) is 7.46. The fraction of sp³-hybridized carbons (Fsp3) is 0.438. The summed E-state index contributed by atoms with van der Waals surface area (Å²) in [7, 11) is 0. The van der Waals surface area contributed by atoms with Gasteiger partial charge in [-0.3, -0.25) is 4.98 Å². The quantitative estimate of drug-likeness (QED) is 0.742. The molecule has 0 amide bonds. The summed E-state index contributed by atoms with van der Waals surface area (Å²) < 4.78 is 0. The summed E-state index contributed by atoms with van der Waals surface area (Å²) in [5.74, 6) is 0.454. The average molecular weight is 277 g/mol. The van der Waals surface area contributed by atoms with E-state index in [0.29, 0.717) is 11.9 Å². The number of nitrogens with zero attached hydrogens (tertiary/aromatic N) is 2. The molecule has 1 aromatic carbocycles. The van der Waals surface area contributed by atoms with Gasteiger partial charge in [0.1, 0.15) is 0 Å². The van der Waals surface area contributed by atoms with Crippen LogP contribution in [0, 0.1) is 0 Å². The molecular weight excluding hydrogens is 256 g/mol. The Bertz CT molecular complexity index is 553. The van der Waals surface area contributed by atoms with Gasteiger partial charge in [-0.2, -0.15) is 0 Å². The fourth-order valence-corrected chi connectivity index (χ4v) is 2.59. The fourth-order valence-electron chi connectivity index (χ4n) is 2.46. The number of para-hydroxylation sites is 1. The first-order chi connectivity index (χ1) is 9.21. The SMILES string of the molecule is CCC(C)N(CC)c1cc(CCl)nc2ccccc12. The standard InChI is InChI=1S/C16H21ClN2/c1-4-12(3)19(5-2)16-10-13(11-17)18-15-9-7-6-8-14(15)16/h6-10,12H,4-5,11H2,1-3H3. The minimum Gasteiger partial charge on any atom is -0.369 e. The molecule has 0 N–H and O–H groups in total. The summed E-state index contributed by atoms with van der Waals surface area (Å²) in [4.78, 5) is 7.03. The third-order valence-corrected chi connectivity index (χ3v) is 3.93. The van der Waals surface area contributed by atoms with Crippen molar-refractivity contribution in [1.82, 2.24) is 4.98 Å². The molecule has 3 heteroatoms. The van der Waals surface area contributed by atoms with Crippen LogP contribution < -0.4 is 4.90 Å². The van der Waals surface area contributed by atoms with Crippen LogP contribution in [0.5, 0.6) is 0 Å². The van der Waals surface area contributed by atoms with E-state index in [1.165, 1.54) is 11.1 Å². The van der Waals surface area contributed by atoms with Gasteiger partial charge in [0.2, 0.25) is 0 Å². The maximum absolute atomic E-state index is 5.98. The minimum atomic E-state index is 0.454. The van der Waals surface area contributed by atoms with E-state index in [-0.39, 0.29) is 0 Å². The number of hydrogen-bond acceptors (Lipinski definition) is 2. The van der Waals surface area contributed by atoms with E-state index in [2.05, 4.69) is 54.9 Å². The van der Waals surface area contributed by atoms with Crippen molar-refractivity contribution in [3.05, 3.63) is 36.0 Å². The van der Waals surface area contributed by atoms with E-state index in [4.69, 9.17) is 11.6 Å². The highest BCUT2D eigenvalue weighted by Crippen LogP contribution is 2.29. The number of fused-ring (bicyclic) bond motifs is 1. The van der Waals surface area contributed by atoms with E-state index < -0.39 is 0 Å². The lowest BCUT2D eigenvalue weighted by Gasteiger charge is -2.30. The minimum absolute atomic E-state index is 0.454. The molecule has 0 aliphatic rings. The molecule has 0 saturated carbocycles. The first kappa shape index (κ1) is 14.1. The second kappa shape index (κ2) is 6.25. The van der Waals surface area contributed by atoms with Gasteiger partial charge in [0.25, 0.3) is 0 Å². The molecule has 2 aromatic rings. The van der Waals surface area contributed by atoms with Crippen LogP contribution in [-0.4, -0.2) is 17.6 Å². The van der Waals surface area contributed by atoms with Gasteiger partial charge in [0.05, 0.1) is 17.1 Å². The molecule has 0 spiro atoms. The molecule has 0 aliphatic heterocycles. The predicted molar refractivity (Wildman–Crippen MR) is 84.1 cm³/mol. The number of aromatic nitrogens is 1. The smallest absolute Gasteiger partial charge is 0.0726 e. The van der Waals surface area contributed by atoms with Crippen molar-refractivity contribution in [2.45, 2.75) is 39.1 Å². The van der Waals surface area contributed by atoms with Crippen molar-refractivity contribution >= 4 is 28.2 Å². The van der Waals surface area contributed by atoms with E-state index in [1.54, 1.807) is 0 Å². The van der Waals surface area contributed by atoms with E-state index in [0.717, 1.165) is 24.2 Å². The van der Waals surface area contributed by atoms with Gasteiger partial charge in [-0.15, -0.1) is 11.6 Å². The summed E-state index contributed by atoms with van der Waals surface area (Å²) in [5.41, 5.74) is 3.22. The van der Waals surface area contributed by atoms with E-state index in [1.807, 2.05) is 6.07 Å². The van der Waals surface area contributed by atoms with Crippen LogP contribution in [0.15, 0.2) is 30.3 Å². The summed E-state index contributed by atoms with van der Waals surface area (Å²) in [6.07, 6.45) is 1.13. The maximum atomic E-state index is 5.98. The van der Waals surface area contributed by atoms with Gasteiger partial charge < -0.3 is 4.90 Å². The van der Waals surface area contributed by atoms with Crippen LogP contribution >= 0.6 is 11.6 Å². The number of pyridine rings is 1. The van der Waals surface area contributed by atoms with Gasteiger partial charge in [-0.05, 0) is 32.4 Å². The van der Waals surface area contributed by atoms with Crippen LogP contribution in [0.3, 0.4) is 0 Å². The Morgan fingerprint density at radius 1 is 1.26 bits per heavy atom. The number of rotatable bonds is 5. The summed E-state index contributed by atoms with van der Waals surface area (Å²) in [6, 6.07) is 10.9. The number of hydrogen-bond donors (Lipinski definition) is 0. The molecule has 1 atom stereocenters. The van der Waals surface area contributed by atoms with Crippen molar-refractivity contribution in [1.29, 1.82) is 0 Å². The molecule has 2 nitrogen and oxygen atoms in total. The number of anilines is 1. The normalized spacial score (nSPS) is 12.6. The van der Waals surface area contributed by atoms with Crippen LogP contribution in [0.4, 0.5) is 5.69 Å². The zero-order chi connectivity index (χ0) is 13.8. The lowest BCUT2D eigenvalue weighted by Crippen LogP contribution is -2.32. The Labute approximate surface area is 120 Å². The predicted octanol–water partition coefficient (Wildman–Crippen LogP) is 4.60. The first-order valence-electron chi connectivity index (χ1n) is 6.92. The molecule has 1 heterocycles. The molecular formula is C16H21ClN2. The molecule has 0 bridgehead atoms. The van der Waals surface area contributed by atoms with Gasteiger partial charge in [0, 0.05) is 23.7 Å². The van der Waals surface area contributed by atoms with Crippen LogP contribution in [0.2, 0.25) is 0 Å². The lowest BCUT2D eigenvalue weighted by molar-refractivity contribution is 0.631. The van der Waals surface area contributed by atoms with Gasteiger partial charge >= 0.3 is 0 Å². The van der Waals surface area contributed by atoms with Crippen molar-refractivity contribution in [3.8, 4) is 0 Å². The third kappa shape index (κ3) is 2.84. The summed E-state index contributed by atoms with van der Waals surface area (Å²) >= 11 is 5.98. The third-order valence-electron chi connectivity index (χ3n) is 3.66. The Morgan fingerprint density at radius 3 is 2.63 bits per heavy atom. The molecule has 2 rings (SSSR count). The van der Waals surface area contributed by atoms with Crippen LogP contribution in [-0.2, 0) is 5.88 Å². The summed E-state index contributed by atoms with van der Waals surface area (Å²) in [5, 5.41) is 1.21. The molecule has 19 heavy (non-hydrogen) atoms. The topological polar surface area (TPSA) is 16.1 Å². The van der Waals surface area contributed by atoms with Gasteiger partial charge in [0.15, 0.2) is 0 Å². The molecule has 1 unspecified atom stereocenters. The molecule has 0 radical (unpaired) electrons. The van der Waals surface area contributed by atoms with Crippen LogP contribution in [0.25, 0.3) is 10.9 Å². The molecule has 1 aromatic heterocycles. The van der Waals surface area contributed by atoms with Crippen molar-refractivity contribution < 1.29 is 0 Å². The molecule has 102 valence electrons. The lowest BCUT2D eigenvalue weighted by atomic mass is 10.1. The number of benzene rings is 1. The average Bonchev–Trinajstić information content (AvgIpc) is 2.47. The second-order valence-corrected chi connectivity index (χ2v) is 5.09. The zero-order valence-corrected chi connectivity index (χ0v) is 12.6. The Morgan fingerprint density at radius 2 is 2.00 bits per heavy atom. The molecule has 0 fully saturated rings. The highest BCUT2D eigenvalue weighted by Gasteiger charge is 2.15. The number of halogens is 1. The largest absolute Gasteiger partial charge is 0.369 e. The highest BCUT2D eigenvalue weighted by atomic mass is 35.5. The van der Waals surface area contributed by atoms with Crippen molar-refractivity contribution in [2.75, 3.05) is 11.4 Å². The molecule has 0 aliphatic carbocycles. The monoisotopic (exact) mass is 276 g/mol. The van der Waals surface area contributed by atoms with Gasteiger partial charge in [-0.25, -0.2) is 0 Å². The highest BCUT2D eigenvalue weighted by molar-refractivity contribution is 6.17. The van der Waals surface area contributed by atoms with Crippen molar-refractivity contribution in [3.63, 3.8) is 0 Å². The van der Waals surface area contributed by atoms with Crippen LogP contribution in [0.1, 0.15) is 32.9 Å². The van der Waals surface area contributed by atoms with E-state index >= 15 is 0 Å². The number of alkyl halides is 1. The Kier molecular flexibility index (Phi) is 4.65. The Balaban J connectivity index is 2.62. The second-order valence-electron chi connectivity index (χ2n) is 4.83. The molecule has 0 saturated heterocycles. The van der Waals surface area contributed by atoms with Gasteiger partial charge in [-0.1, -0.05) is 25.1 Å². The maximum Gasteiger partial charge on any atom is 0.0726 e. The zero-order valence-electron chi connectivity index (χ0n) is 11.9. The Hall–Kier alpha value is -1.28. The van der Waals surface area contributed by atoms with E-state index in [9.17, 15) is 0 Å².